The molecule has 3 aromatic heterocycles. The van der Waals surface area contributed by atoms with Gasteiger partial charge in [-0.1, -0.05) is 29.8 Å². The molecule has 6 nitrogen and oxygen atoms in total. The van der Waals surface area contributed by atoms with Gasteiger partial charge in [-0.25, -0.2) is 9.36 Å². The average molecular weight is 400 g/mol. The monoisotopic (exact) mass is 399 g/mol. The van der Waals surface area contributed by atoms with Crippen LogP contribution in [0.15, 0.2) is 52.3 Å². The van der Waals surface area contributed by atoms with Crippen LogP contribution in [-0.2, 0) is 0 Å². The van der Waals surface area contributed by atoms with E-state index in [0.717, 1.165) is 20.6 Å². The lowest BCUT2D eigenvalue weighted by Gasteiger charge is -2.11. The summed E-state index contributed by atoms with van der Waals surface area (Å²) in [6.07, 6.45) is 3.05. The molecule has 4 rings (SSSR count). The maximum absolute atomic E-state index is 13.1. The third kappa shape index (κ3) is 2.85. The van der Waals surface area contributed by atoms with Crippen LogP contribution in [0.5, 0.6) is 5.75 Å². The van der Waals surface area contributed by atoms with E-state index in [-0.39, 0.29) is 0 Å². The molecule has 1 aromatic carbocycles. The number of ether oxygens (including phenoxy) is 1. The Morgan fingerprint density at radius 2 is 2.00 bits per heavy atom. The van der Waals surface area contributed by atoms with Crippen molar-refractivity contribution in [3.63, 3.8) is 0 Å². The number of aromatic amines is 1. The van der Waals surface area contributed by atoms with E-state index in [1.807, 2.05) is 18.2 Å². The van der Waals surface area contributed by atoms with Gasteiger partial charge in [0.05, 0.1) is 18.8 Å². The third-order valence-electron chi connectivity index (χ3n) is 4.21. The van der Waals surface area contributed by atoms with Crippen molar-refractivity contribution in [2.45, 2.75) is 6.92 Å². The number of nitrogens with zero attached hydrogens (tertiary/aromatic N) is 2. The highest BCUT2D eigenvalue weighted by Gasteiger charge is 2.18. The lowest BCUT2D eigenvalue weighted by Crippen LogP contribution is -2.33. The first-order valence-electron chi connectivity index (χ1n) is 8.04. The predicted molar refractivity (Wildman–Crippen MR) is 108 cm³/mol. The largest absolute Gasteiger partial charge is 0.494 e. The second kappa shape index (κ2) is 6.68. The molecule has 1 N–H and O–H groups in total. The summed E-state index contributed by atoms with van der Waals surface area (Å²) < 4.78 is 6.85. The Morgan fingerprint density at radius 3 is 2.74 bits per heavy atom. The second-order valence-corrected chi connectivity index (χ2v) is 7.37. The topological polar surface area (TPSA) is 77.0 Å². The van der Waals surface area contributed by atoms with Gasteiger partial charge in [0.25, 0.3) is 5.56 Å². The van der Waals surface area contributed by atoms with Crippen LogP contribution in [-0.4, -0.2) is 21.6 Å². The first-order chi connectivity index (χ1) is 13.0. The first-order valence-corrected chi connectivity index (χ1v) is 9.23. The first kappa shape index (κ1) is 17.5. The lowest BCUT2D eigenvalue weighted by atomic mass is 10.2. The number of halogens is 1. The number of rotatable bonds is 3. The number of hydrogen-bond acceptors (Lipinski definition) is 5. The van der Waals surface area contributed by atoms with E-state index in [1.165, 1.54) is 24.6 Å². The van der Waals surface area contributed by atoms with Gasteiger partial charge in [-0.15, -0.1) is 11.3 Å². The Balaban J connectivity index is 2.01. The fourth-order valence-electron chi connectivity index (χ4n) is 2.98. The molecule has 0 atom stereocenters. The Bertz CT molecular complexity index is 1290. The van der Waals surface area contributed by atoms with E-state index in [9.17, 15) is 9.59 Å². The van der Waals surface area contributed by atoms with E-state index >= 15 is 0 Å². The molecule has 3 heterocycles. The number of methoxy groups -OCH3 is 1. The minimum absolute atomic E-state index is 0.304. The quantitative estimate of drug-likeness (QED) is 0.568. The van der Waals surface area contributed by atoms with E-state index in [4.69, 9.17) is 16.3 Å². The Labute approximate surface area is 162 Å². The van der Waals surface area contributed by atoms with Crippen molar-refractivity contribution in [1.29, 1.82) is 0 Å². The summed E-state index contributed by atoms with van der Waals surface area (Å²) in [5, 5.41) is 0.580. The van der Waals surface area contributed by atoms with E-state index in [2.05, 4.69) is 9.97 Å². The zero-order valence-corrected chi connectivity index (χ0v) is 16.0. The molecule has 0 amide bonds. The molecule has 0 bridgehead atoms. The molecule has 0 aliphatic carbocycles. The van der Waals surface area contributed by atoms with Gasteiger partial charge in [0, 0.05) is 27.2 Å². The van der Waals surface area contributed by atoms with Crippen molar-refractivity contribution in [1.82, 2.24) is 14.5 Å². The third-order valence-corrected chi connectivity index (χ3v) is 5.70. The van der Waals surface area contributed by atoms with Crippen molar-refractivity contribution in [2.75, 3.05) is 7.11 Å². The van der Waals surface area contributed by atoms with Crippen molar-refractivity contribution in [2.24, 2.45) is 0 Å². The van der Waals surface area contributed by atoms with Gasteiger partial charge in [-0.2, -0.15) is 0 Å². The van der Waals surface area contributed by atoms with E-state index < -0.39 is 11.2 Å². The van der Waals surface area contributed by atoms with Gasteiger partial charge in [-0.3, -0.25) is 9.78 Å². The van der Waals surface area contributed by atoms with Crippen LogP contribution in [0.3, 0.4) is 0 Å². The Hall–Kier alpha value is -2.90. The molecule has 0 radical (unpaired) electrons. The fraction of sp³-hybridized carbons (Fsp3) is 0.105. The fourth-order valence-corrected chi connectivity index (χ4v) is 4.36. The molecular weight excluding hydrogens is 386 g/mol. The summed E-state index contributed by atoms with van der Waals surface area (Å²) in [6.45, 7) is 1.80. The highest BCUT2D eigenvalue weighted by atomic mass is 35.5. The number of pyridine rings is 1. The van der Waals surface area contributed by atoms with Crippen LogP contribution in [0.2, 0.25) is 5.02 Å². The minimum Gasteiger partial charge on any atom is -0.494 e. The molecule has 0 spiro atoms. The molecule has 0 unspecified atom stereocenters. The van der Waals surface area contributed by atoms with Crippen LogP contribution in [0.1, 0.15) is 5.56 Å². The van der Waals surface area contributed by atoms with Gasteiger partial charge in [0.2, 0.25) is 0 Å². The minimum atomic E-state index is -0.554. The maximum Gasteiger partial charge on any atom is 0.333 e. The number of hydrogen-bond donors (Lipinski definition) is 1. The number of fused-ring (bicyclic) bond motifs is 1. The molecule has 0 aliphatic heterocycles. The molecule has 8 heteroatoms. The highest BCUT2D eigenvalue weighted by Crippen LogP contribution is 2.35. The van der Waals surface area contributed by atoms with Crippen molar-refractivity contribution >= 4 is 33.2 Å². The molecule has 0 saturated carbocycles. The van der Waals surface area contributed by atoms with E-state index in [0.29, 0.717) is 26.7 Å². The number of H-pyrrole nitrogens is 1. The summed E-state index contributed by atoms with van der Waals surface area (Å²) in [6, 6.07) is 9.13. The second-order valence-electron chi connectivity index (χ2n) is 5.91. The van der Waals surface area contributed by atoms with Crippen molar-refractivity contribution < 1.29 is 4.74 Å². The van der Waals surface area contributed by atoms with Gasteiger partial charge in [-0.05, 0) is 19.1 Å². The number of aryl methyl sites for hydroxylation is 1. The lowest BCUT2D eigenvalue weighted by molar-refractivity contribution is 0.408. The van der Waals surface area contributed by atoms with Gasteiger partial charge in [0.1, 0.15) is 16.1 Å². The molecule has 136 valence electrons. The number of nitrogens with one attached hydrogen (secondary N) is 1. The van der Waals surface area contributed by atoms with Crippen LogP contribution >= 0.6 is 22.9 Å². The zero-order valence-electron chi connectivity index (χ0n) is 14.4. The van der Waals surface area contributed by atoms with Crippen LogP contribution in [0, 0.1) is 6.92 Å². The Kier molecular flexibility index (Phi) is 4.33. The molecule has 27 heavy (non-hydrogen) atoms. The molecule has 4 aromatic rings. The standard InChI is InChI=1S/C19H14ClN3O3S/c1-10-8-21-9-14(16(10)26-2)23-18(24)17-13(22-19(23)25)7-15(27-17)11-5-3-4-6-12(11)20/h3-9H,1-2H3,(H,22,25). The number of benzene rings is 1. The van der Waals surface area contributed by atoms with Crippen LogP contribution in [0.25, 0.3) is 26.3 Å². The summed E-state index contributed by atoms with van der Waals surface area (Å²) in [5.74, 6) is 0.430. The van der Waals surface area contributed by atoms with Crippen LogP contribution < -0.4 is 16.0 Å². The van der Waals surface area contributed by atoms with E-state index in [1.54, 1.807) is 25.3 Å². The SMILES string of the molecule is COc1c(C)cncc1-n1c(=O)[nH]c2cc(-c3ccccc3Cl)sc2c1=O. The summed E-state index contributed by atoms with van der Waals surface area (Å²) >= 11 is 7.55. The summed E-state index contributed by atoms with van der Waals surface area (Å²) in [7, 11) is 1.49. The normalized spacial score (nSPS) is 11.1. The summed E-state index contributed by atoms with van der Waals surface area (Å²) in [5.41, 5.74) is 1.33. The maximum atomic E-state index is 13.1. The highest BCUT2D eigenvalue weighted by molar-refractivity contribution is 7.22. The summed E-state index contributed by atoms with van der Waals surface area (Å²) in [4.78, 5) is 33.4. The molecule has 0 saturated heterocycles. The van der Waals surface area contributed by atoms with Gasteiger partial charge in [0.15, 0.2) is 0 Å². The molecule has 0 aliphatic rings. The zero-order chi connectivity index (χ0) is 19.1. The van der Waals surface area contributed by atoms with Crippen molar-refractivity contribution in [3.05, 3.63) is 74.1 Å². The Morgan fingerprint density at radius 1 is 1.22 bits per heavy atom. The van der Waals surface area contributed by atoms with Gasteiger partial charge >= 0.3 is 5.69 Å². The van der Waals surface area contributed by atoms with Crippen molar-refractivity contribution in [3.8, 4) is 21.9 Å². The number of aromatic nitrogens is 3. The predicted octanol–water partition coefficient (Wildman–Crippen LogP) is 3.77. The number of thiophene rings is 1. The molecular formula is C19H14ClN3O3S. The van der Waals surface area contributed by atoms with Crippen LogP contribution in [0.4, 0.5) is 0 Å². The average Bonchev–Trinajstić information content (AvgIpc) is 3.06. The molecule has 0 fully saturated rings. The van der Waals surface area contributed by atoms with Gasteiger partial charge < -0.3 is 9.72 Å². The smallest absolute Gasteiger partial charge is 0.333 e.